The summed E-state index contributed by atoms with van der Waals surface area (Å²) in [6.07, 6.45) is 1.39. The molecule has 3 N–H and O–H groups in total. The van der Waals surface area contributed by atoms with Gasteiger partial charge in [0.1, 0.15) is 0 Å². The summed E-state index contributed by atoms with van der Waals surface area (Å²) in [7, 11) is 0. The third kappa shape index (κ3) is 5.40. The van der Waals surface area contributed by atoms with Crippen LogP contribution in [0.2, 0.25) is 5.02 Å². The Hall–Kier alpha value is -1.06. The Balaban J connectivity index is 2.15. The largest absolute Gasteiger partial charge is 0.388 e. The van der Waals surface area contributed by atoms with E-state index in [2.05, 4.69) is 0 Å². The number of ether oxygens (including phenoxy) is 1. The molecule has 0 aromatic heterocycles. The lowest BCUT2D eigenvalue weighted by Crippen LogP contribution is -2.10. The van der Waals surface area contributed by atoms with Gasteiger partial charge in [0.05, 0.1) is 12.4 Å². The van der Waals surface area contributed by atoms with Gasteiger partial charge in [0.15, 0.2) is 0 Å². The maximum Gasteiger partial charge on any atom is 0.0906 e. The molecule has 82 valence electrons. The second kappa shape index (κ2) is 6.43. The number of hydrogen-bond acceptors (Lipinski definition) is 2. The molecule has 0 spiro atoms. The van der Waals surface area contributed by atoms with Gasteiger partial charge >= 0.3 is 0 Å². The molecule has 1 aromatic rings. The van der Waals surface area contributed by atoms with Crippen molar-refractivity contribution in [2.45, 2.75) is 19.4 Å². The van der Waals surface area contributed by atoms with Gasteiger partial charge in [0, 0.05) is 18.1 Å². The van der Waals surface area contributed by atoms with Crippen LogP contribution in [0.15, 0.2) is 24.3 Å². The molecule has 0 saturated carbocycles. The summed E-state index contributed by atoms with van der Waals surface area (Å²) in [5.74, 6) is 0.213. The molecule has 4 heteroatoms. The molecule has 0 amide bonds. The van der Waals surface area contributed by atoms with Gasteiger partial charge in [0.2, 0.25) is 0 Å². The minimum Gasteiger partial charge on any atom is -0.388 e. The van der Waals surface area contributed by atoms with Gasteiger partial charge < -0.3 is 10.5 Å². The molecule has 0 atom stereocenters. The van der Waals surface area contributed by atoms with Crippen molar-refractivity contribution in [3.05, 3.63) is 34.9 Å². The lowest BCUT2D eigenvalue weighted by molar-refractivity contribution is 0.119. The maximum absolute atomic E-state index is 7.03. The number of hydrogen-bond donors (Lipinski definition) is 2. The van der Waals surface area contributed by atoms with Crippen LogP contribution in [-0.4, -0.2) is 12.4 Å². The van der Waals surface area contributed by atoms with Gasteiger partial charge in [-0.2, -0.15) is 0 Å². The molecule has 0 saturated heterocycles. The number of rotatable bonds is 6. The third-order valence-electron chi connectivity index (χ3n) is 1.92. The molecule has 0 radical (unpaired) electrons. The smallest absolute Gasteiger partial charge is 0.0906 e. The van der Waals surface area contributed by atoms with E-state index in [0.29, 0.717) is 19.6 Å². The second-order valence-electron chi connectivity index (χ2n) is 3.31. The van der Waals surface area contributed by atoms with Crippen LogP contribution in [0.1, 0.15) is 18.4 Å². The highest BCUT2D eigenvalue weighted by Crippen LogP contribution is 2.10. The molecule has 0 aliphatic rings. The highest BCUT2D eigenvalue weighted by atomic mass is 35.5. The number of nitrogens with two attached hydrogens (primary N) is 1. The highest BCUT2D eigenvalue weighted by Gasteiger charge is 1.94. The zero-order valence-electron chi connectivity index (χ0n) is 8.50. The van der Waals surface area contributed by atoms with Crippen LogP contribution < -0.4 is 5.73 Å². The summed E-state index contributed by atoms with van der Waals surface area (Å²) >= 11 is 5.75. The molecule has 1 rings (SSSR count). The molecule has 0 unspecified atom stereocenters. The van der Waals surface area contributed by atoms with E-state index in [1.165, 1.54) is 0 Å². The predicted molar refractivity (Wildman–Crippen MR) is 62.3 cm³/mol. The minimum absolute atomic E-state index is 0.213. The van der Waals surface area contributed by atoms with Crippen molar-refractivity contribution in [3.8, 4) is 0 Å². The summed E-state index contributed by atoms with van der Waals surface area (Å²) in [5.41, 5.74) is 6.31. The lowest BCUT2D eigenvalue weighted by Gasteiger charge is -2.03. The average Bonchev–Trinajstić information content (AvgIpc) is 2.20. The molecule has 0 fully saturated rings. The molecule has 1 aromatic carbocycles. The monoisotopic (exact) mass is 226 g/mol. The predicted octanol–water partition coefficient (Wildman–Crippen LogP) is 2.57. The Morgan fingerprint density at radius 1 is 1.33 bits per heavy atom. The van der Waals surface area contributed by atoms with E-state index < -0.39 is 0 Å². The Bertz CT molecular complexity index is 311. The molecule has 0 aliphatic heterocycles. The van der Waals surface area contributed by atoms with Crippen LogP contribution >= 0.6 is 11.6 Å². The number of amidine groups is 1. The van der Waals surface area contributed by atoms with Gasteiger partial charge in [-0.15, -0.1) is 0 Å². The summed E-state index contributed by atoms with van der Waals surface area (Å²) in [4.78, 5) is 0. The van der Waals surface area contributed by atoms with Gasteiger partial charge in [0.25, 0.3) is 0 Å². The molecular weight excluding hydrogens is 212 g/mol. The van der Waals surface area contributed by atoms with Crippen molar-refractivity contribution in [2.75, 3.05) is 6.61 Å². The standard InChI is InChI=1S/C11H15ClN2O/c12-10-5-3-9(4-6-10)8-15-7-1-2-11(13)14/h3-6H,1-2,7-8H2,(H3,13,14). The fourth-order valence-electron chi connectivity index (χ4n) is 1.14. The second-order valence-corrected chi connectivity index (χ2v) is 3.74. The van der Waals surface area contributed by atoms with Crippen LogP contribution in [-0.2, 0) is 11.3 Å². The first-order valence-electron chi connectivity index (χ1n) is 4.83. The van der Waals surface area contributed by atoms with Crippen LogP contribution in [0.5, 0.6) is 0 Å². The van der Waals surface area contributed by atoms with E-state index in [1.54, 1.807) is 0 Å². The fraction of sp³-hybridized carbons (Fsp3) is 0.364. The van der Waals surface area contributed by atoms with Crippen LogP contribution in [0.4, 0.5) is 0 Å². The zero-order valence-corrected chi connectivity index (χ0v) is 9.26. The Morgan fingerprint density at radius 2 is 2.00 bits per heavy atom. The van der Waals surface area contributed by atoms with Crippen molar-refractivity contribution >= 4 is 17.4 Å². The third-order valence-corrected chi connectivity index (χ3v) is 2.17. The molecular formula is C11H15ClN2O. The Kier molecular flexibility index (Phi) is 5.15. The van der Waals surface area contributed by atoms with Crippen molar-refractivity contribution in [3.63, 3.8) is 0 Å². The molecule has 15 heavy (non-hydrogen) atoms. The van der Waals surface area contributed by atoms with Crippen molar-refractivity contribution in [1.82, 2.24) is 0 Å². The van der Waals surface area contributed by atoms with E-state index in [1.807, 2.05) is 24.3 Å². The summed E-state index contributed by atoms with van der Waals surface area (Å²) in [6, 6.07) is 7.56. The highest BCUT2D eigenvalue weighted by molar-refractivity contribution is 6.30. The number of nitrogens with one attached hydrogen (secondary N) is 1. The number of halogens is 1. The first-order valence-corrected chi connectivity index (χ1v) is 5.21. The van der Waals surface area contributed by atoms with E-state index >= 15 is 0 Å². The van der Waals surface area contributed by atoms with Gasteiger partial charge in [-0.25, -0.2) is 0 Å². The maximum atomic E-state index is 7.03. The van der Waals surface area contributed by atoms with Gasteiger partial charge in [-0.05, 0) is 24.1 Å². The molecule has 0 bridgehead atoms. The van der Waals surface area contributed by atoms with E-state index in [-0.39, 0.29) is 5.84 Å². The topological polar surface area (TPSA) is 59.1 Å². The van der Waals surface area contributed by atoms with Gasteiger partial charge in [-0.1, -0.05) is 23.7 Å². The quantitative estimate of drug-likeness (QED) is 0.445. The van der Waals surface area contributed by atoms with Crippen molar-refractivity contribution in [2.24, 2.45) is 5.73 Å². The summed E-state index contributed by atoms with van der Waals surface area (Å²) in [6.45, 7) is 1.21. The molecule has 3 nitrogen and oxygen atoms in total. The van der Waals surface area contributed by atoms with Crippen LogP contribution in [0.25, 0.3) is 0 Å². The van der Waals surface area contributed by atoms with Crippen molar-refractivity contribution in [1.29, 1.82) is 5.41 Å². The van der Waals surface area contributed by atoms with Crippen molar-refractivity contribution < 1.29 is 4.74 Å². The SMILES string of the molecule is N=C(N)CCCOCc1ccc(Cl)cc1. The van der Waals surface area contributed by atoms with Gasteiger partial charge in [-0.3, -0.25) is 5.41 Å². The number of benzene rings is 1. The minimum atomic E-state index is 0.213. The van der Waals surface area contributed by atoms with Crippen LogP contribution in [0.3, 0.4) is 0 Å². The van der Waals surface area contributed by atoms with E-state index in [9.17, 15) is 0 Å². The zero-order chi connectivity index (χ0) is 11.1. The Morgan fingerprint density at radius 3 is 2.60 bits per heavy atom. The first kappa shape index (κ1) is 12.0. The molecule has 0 heterocycles. The summed E-state index contributed by atoms with van der Waals surface area (Å²) in [5, 5.41) is 7.76. The lowest BCUT2D eigenvalue weighted by atomic mass is 10.2. The first-order chi connectivity index (χ1) is 7.18. The fourth-order valence-corrected chi connectivity index (χ4v) is 1.26. The normalized spacial score (nSPS) is 10.2. The average molecular weight is 227 g/mol. The summed E-state index contributed by atoms with van der Waals surface area (Å²) < 4.78 is 5.41. The molecule has 0 aliphatic carbocycles. The van der Waals surface area contributed by atoms with E-state index in [0.717, 1.165) is 17.0 Å². The Labute approximate surface area is 94.7 Å². The van der Waals surface area contributed by atoms with E-state index in [4.69, 9.17) is 27.5 Å². The van der Waals surface area contributed by atoms with Crippen LogP contribution in [0, 0.1) is 5.41 Å².